The van der Waals surface area contributed by atoms with Crippen LogP contribution in [0.15, 0.2) is 11.3 Å². The topological polar surface area (TPSA) is 64.4 Å². The van der Waals surface area contributed by atoms with Crippen molar-refractivity contribution in [3.05, 3.63) is 17.7 Å². The number of nitrogens with zero attached hydrogens (tertiary/aromatic N) is 3. The van der Waals surface area contributed by atoms with Crippen molar-refractivity contribution in [2.24, 2.45) is 4.99 Å². The molecule has 0 aliphatic carbocycles. The van der Waals surface area contributed by atoms with Crippen LogP contribution in [0.1, 0.15) is 35.9 Å². The number of aliphatic imine (C=N–C) groups is 1. The summed E-state index contributed by atoms with van der Waals surface area (Å²) >= 11 is 0. The Bertz CT molecular complexity index is 388. The molecule has 0 saturated heterocycles. The average Bonchev–Trinajstić information content (AvgIpc) is 2.26. The lowest BCUT2D eigenvalue weighted by atomic mass is 10.1. The largest absolute Gasteiger partial charge is 0.464 e. The normalized spacial score (nSPS) is 10.1. The average molecular weight is 207 g/mol. The predicted octanol–water partition coefficient (Wildman–Crippen LogP) is 1.72. The van der Waals surface area contributed by atoms with E-state index in [0.29, 0.717) is 11.4 Å². The number of esters is 1. The quantitative estimate of drug-likeness (QED) is 0.559. The van der Waals surface area contributed by atoms with Gasteiger partial charge in [0.1, 0.15) is 12.0 Å². The van der Waals surface area contributed by atoms with Crippen LogP contribution in [0, 0.1) is 0 Å². The van der Waals surface area contributed by atoms with Crippen LogP contribution in [0.2, 0.25) is 0 Å². The molecule has 0 atom stereocenters. The third-order valence-electron chi connectivity index (χ3n) is 1.93. The van der Waals surface area contributed by atoms with Gasteiger partial charge in [0.05, 0.1) is 12.8 Å². The molecule has 0 unspecified atom stereocenters. The standard InChI is InChI=1S/C10H13N3O2/c1-6(2)7-8(11-3)9(10(14)15-4)13-5-12-7/h5-6H,3H2,1-2,4H3. The van der Waals surface area contributed by atoms with Crippen molar-refractivity contribution >= 4 is 18.4 Å². The van der Waals surface area contributed by atoms with Gasteiger partial charge in [0.25, 0.3) is 0 Å². The maximum absolute atomic E-state index is 11.4. The Labute approximate surface area is 88.2 Å². The van der Waals surface area contributed by atoms with Gasteiger partial charge in [-0.15, -0.1) is 0 Å². The Hall–Kier alpha value is -1.78. The van der Waals surface area contributed by atoms with Crippen molar-refractivity contribution in [2.45, 2.75) is 19.8 Å². The number of carbonyl (C=O) groups excluding carboxylic acids is 1. The summed E-state index contributed by atoms with van der Waals surface area (Å²) in [4.78, 5) is 23.1. The van der Waals surface area contributed by atoms with Gasteiger partial charge in [0.15, 0.2) is 5.69 Å². The smallest absolute Gasteiger partial charge is 0.359 e. The summed E-state index contributed by atoms with van der Waals surface area (Å²) < 4.78 is 4.60. The Morgan fingerprint density at radius 2 is 2.20 bits per heavy atom. The number of ether oxygens (including phenoxy) is 1. The molecule has 0 N–H and O–H groups in total. The molecule has 0 saturated carbocycles. The molecule has 80 valence electrons. The molecule has 15 heavy (non-hydrogen) atoms. The Morgan fingerprint density at radius 3 is 2.67 bits per heavy atom. The number of aromatic nitrogens is 2. The van der Waals surface area contributed by atoms with E-state index >= 15 is 0 Å². The lowest BCUT2D eigenvalue weighted by molar-refractivity contribution is 0.0594. The molecule has 0 aromatic carbocycles. The van der Waals surface area contributed by atoms with Gasteiger partial charge in [-0.1, -0.05) is 13.8 Å². The minimum absolute atomic E-state index is 0.150. The third kappa shape index (κ3) is 2.18. The fourth-order valence-electron chi connectivity index (χ4n) is 1.22. The van der Waals surface area contributed by atoms with E-state index in [-0.39, 0.29) is 11.6 Å². The van der Waals surface area contributed by atoms with Crippen LogP contribution in [0.4, 0.5) is 5.69 Å². The zero-order valence-corrected chi connectivity index (χ0v) is 9.02. The second-order valence-electron chi connectivity index (χ2n) is 3.26. The maximum atomic E-state index is 11.4. The fourth-order valence-corrected chi connectivity index (χ4v) is 1.22. The van der Waals surface area contributed by atoms with Gasteiger partial charge >= 0.3 is 5.97 Å². The van der Waals surface area contributed by atoms with Gasteiger partial charge in [0.2, 0.25) is 0 Å². The van der Waals surface area contributed by atoms with E-state index in [1.165, 1.54) is 13.4 Å². The van der Waals surface area contributed by atoms with Crippen molar-refractivity contribution in [2.75, 3.05) is 7.11 Å². The molecular weight excluding hydrogens is 194 g/mol. The Morgan fingerprint density at radius 1 is 1.53 bits per heavy atom. The van der Waals surface area contributed by atoms with E-state index in [0.717, 1.165) is 0 Å². The highest BCUT2D eigenvalue weighted by atomic mass is 16.5. The molecule has 0 aliphatic heterocycles. The molecule has 5 heteroatoms. The van der Waals surface area contributed by atoms with Crippen LogP contribution in [0.3, 0.4) is 0 Å². The highest BCUT2D eigenvalue weighted by molar-refractivity contribution is 5.93. The van der Waals surface area contributed by atoms with Crippen molar-refractivity contribution < 1.29 is 9.53 Å². The van der Waals surface area contributed by atoms with Crippen molar-refractivity contribution in [1.29, 1.82) is 0 Å². The first-order valence-electron chi connectivity index (χ1n) is 4.51. The lowest BCUT2D eigenvalue weighted by Gasteiger charge is -2.09. The zero-order valence-electron chi connectivity index (χ0n) is 9.02. The summed E-state index contributed by atoms with van der Waals surface area (Å²) in [5.41, 5.74) is 1.26. The summed E-state index contributed by atoms with van der Waals surface area (Å²) in [6, 6.07) is 0. The van der Waals surface area contributed by atoms with E-state index in [4.69, 9.17) is 0 Å². The first-order valence-corrected chi connectivity index (χ1v) is 4.51. The van der Waals surface area contributed by atoms with Gasteiger partial charge in [-0.25, -0.2) is 14.8 Å². The van der Waals surface area contributed by atoms with E-state index in [1.54, 1.807) is 0 Å². The number of hydrogen-bond acceptors (Lipinski definition) is 5. The van der Waals surface area contributed by atoms with Gasteiger partial charge in [-0.05, 0) is 12.6 Å². The monoisotopic (exact) mass is 207 g/mol. The third-order valence-corrected chi connectivity index (χ3v) is 1.93. The van der Waals surface area contributed by atoms with Crippen LogP contribution in [0.5, 0.6) is 0 Å². The van der Waals surface area contributed by atoms with Crippen LogP contribution in [-0.4, -0.2) is 29.8 Å². The highest BCUT2D eigenvalue weighted by Crippen LogP contribution is 2.26. The van der Waals surface area contributed by atoms with Crippen LogP contribution in [0.25, 0.3) is 0 Å². The van der Waals surface area contributed by atoms with E-state index in [9.17, 15) is 4.79 Å². The first-order chi connectivity index (χ1) is 7.11. The molecule has 5 nitrogen and oxygen atoms in total. The minimum atomic E-state index is -0.526. The summed E-state index contributed by atoms with van der Waals surface area (Å²) in [7, 11) is 1.30. The number of rotatable bonds is 3. The molecule has 0 spiro atoms. The first kappa shape index (κ1) is 11.3. The van der Waals surface area contributed by atoms with Gasteiger partial charge in [0, 0.05) is 0 Å². The molecule has 1 aromatic heterocycles. The van der Waals surface area contributed by atoms with Crippen LogP contribution < -0.4 is 0 Å². The molecular formula is C10H13N3O2. The summed E-state index contributed by atoms with van der Waals surface area (Å²) in [6.07, 6.45) is 1.33. The van der Waals surface area contributed by atoms with Crippen LogP contribution in [-0.2, 0) is 4.74 Å². The molecule has 0 fully saturated rings. The maximum Gasteiger partial charge on any atom is 0.359 e. The summed E-state index contributed by atoms with van der Waals surface area (Å²) in [6.45, 7) is 7.33. The van der Waals surface area contributed by atoms with Gasteiger partial charge in [-0.2, -0.15) is 0 Å². The second-order valence-corrected chi connectivity index (χ2v) is 3.26. The SMILES string of the molecule is C=Nc1c(C(=O)OC)ncnc1C(C)C. The molecule has 1 aromatic rings. The number of methoxy groups -OCH3 is 1. The molecule has 0 amide bonds. The van der Waals surface area contributed by atoms with Crippen LogP contribution >= 0.6 is 0 Å². The molecule has 0 radical (unpaired) electrons. The minimum Gasteiger partial charge on any atom is -0.464 e. The van der Waals surface area contributed by atoms with Crippen molar-refractivity contribution in [3.63, 3.8) is 0 Å². The van der Waals surface area contributed by atoms with E-state index < -0.39 is 5.97 Å². The molecule has 1 rings (SSSR count). The highest BCUT2D eigenvalue weighted by Gasteiger charge is 2.18. The number of hydrogen-bond donors (Lipinski definition) is 0. The molecule has 1 heterocycles. The Kier molecular flexibility index (Phi) is 3.49. The summed E-state index contributed by atoms with van der Waals surface area (Å²) in [5.74, 6) is -0.376. The predicted molar refractivity (Wildman–Crippen MR) is 56.7 cm³/mol. The van der Waals surface area contributed by atoms with E-state index in [1.807, 2.05) is 13.8 Å². The van der Waals surface area contributed by atoms with Crippen molar-refractivity contribution in [3.8, 4) is 0 Å². The fraction of sp³-hybridized carbons (Fsp3) is 0.400. The van der Waals surface area contributed by atoms with E-state index in [2.05, 4.69) is 26.4 Å². The lowest BCUT2D eigenvalue weighted by Crippen LogP contribution is -2.08. The Balaban J connectivity index is 3.34. The number of carbonyl (C=O) groups is 1. The van der Waals surface area contributed by atoms with Gasteiger partial charge < -0.3 is 4.74 Å². The molecule has 0 bridgehead atoms. The van der Waals surface area contributed by atoms with Gasteiger partial charge in [-0.3, -0.25) is 4.99 Å². The summed E-state index contributed by atoms with van der Waals surface area (Å²) in [5, 5.41) is 0. The molecule has 0 aliphatic rings. The zero-order chi connectivity index (χ0) is 11.4. The second kappa shape index (κ2) is 4.63. The van der Waals surface area contributed by atoms with Crippen molar-refractivity contribution in [1.82, 2.24) is 9.97 Å².